The zero-order valence-electron chi connectivity index (χ0n) is 20.8. The zero-order chi connectivity index (χ0) is 24.7. The van der Waals surface area contributed by atoms with Gasteiger partial charge in [0.2, 0.25) is 8.32 Å². The number of anilines is 1. The van der Waals surface area contributed by atoms with Gasteiger partial charge in [-0.3, -0.25) is 0 Å². The summed E-state index contributed by atoms with van der Waals surface area (Å²) in [6.45, 7) is 14.7. The minimum absolute atomic E-state index is 0.134. The highest BCUT2D eigenvalue weighted by Crippen LogP contribution is 2.38. The highest BCUT2D eigenvalue weighted by molar-refractivity contribution is 9.10. The summed E-state index contributed by atoms with van der Waals surface area (Å²) >= 11 is 3.55. The van der Waals surface area contributed by atoms with Crippen LogP contribution in [0.25, 0.3) is 5.52 Å². The third-order valence-corrected chi connectivity index (χ3v) is 11.5. The van der Waals surface area contributed by atoms with Gasteiger partial charge >= 0.3 is 0 Å². The Morgan fingerprint density at radius 2 is 2.06 bits per heavy atom. The second-order valence-corrected chi connectivity index (χ2v) is 15.9. The number of aliphatic imine (C=N–C) groups is 1. The summed E-state index contributed by atoms with van der Waals surface area (Å²) in [6.07, 6.45) is 4.51. The van der Waals surface area contributed by atoms with E-state index in [2.05, 4.69) is 73.2 Å². The van der Waals surface area contributed by atoms with Crippen LogP contribution in [0.2, 0.25) is 18.1 Å². The summed E-state index contributed by atoms with van der Waals surface area (Å²) in [5.41, 5.74) is 11.1. The number of nitrogens with one attached hydrogen (secondary N) is 1. The number of nitrogens with two attached hydrogens (primary N) is 1. The van der Waals surface area contributed by atoms with Crippen LogP contribution in [-0.2, 0) is 11.2 Å². The number of hydrogen-bond acceptors (Lipinski definition) is 5. The molecule has 3 aromatic rings. The summed E-state index contributed by atoms with van der Waals surface area (Å²) in [5.74, 6) is 1.32. The summed E-state index contributed by atoms with van der Waals surface area (Å²) in [5, 5.41) is 8.23. The summed E-state index contributed by atoms with van der Waals surface area (Å²) < 4.78 is 14.6. The average Bonchev–Trinajstić information content (AvgIpc) is 3.11. The van der Waals surface area contributed by atoms with Gasteiger partial charge in [0, 0.05) is 10.7 Å². The Balaban J connectivity index is 1.70. The number of aromatic nitrogens is 2. The Bertz CT molecular complexity index is 1230. The van der Waals surface area contributed by atoms with Crippen molar-refractivity contribution in [3.05, 3.63) is 52.3 Å². The maximum absolute atomic E-state index is 6.57. The highest BCUT2D eigenvalue weighted by atomic mass is 79.9. The summed E-state index contributed by atoms with van der Waals surface area (Å²) in [7, 11) is -1.92. The molecule has 0 unspecified atom stereocenters. The molecule has 4 rings (SSSR count). The fraction of sp³-hybridized carbons (Fsp3) is 0.440. The Labute approximate surface area is 211 Å². The number of nitrogens with zero attached hydrogens (tertiary/aromatic N) is 3. The van der Waals surface area contributed by atoms with Crippen LogP contribution in [0.15, 0.2) is 46.1 Å². The van der Waals surface area contributed by atoms with Gasteiger partial charge in [-0.2, -0.15) is 5.10 Å². The first-order chi connectivity index (χ1) is 16.0. The fourth-order valence-electron chi connectivity index (χ4n) is 3.55. The van der Waals surface area contributed by atoms with Crippen LogP contribution < -0.4 is 15.5 Å². The van der Waals surface area contributed by atoms with Crippen LogP contribution in [0.1, 0.15) is 38.8 Å². The van der Waals surface area contributed by atoms with Gasteiger partial charge in [0.05, 0.1) is 47.9 Å². The molecule has 7 nitrogen and oxygen atoms in total. The molecule has 3 heterocycles. The minimum atomic E-state index is -1.92. The van der Waals surface area contributed by atoms with Crippen molar-refractivity contribution in [3.8, 4) is 5.75 Å². The Morgan fingerprint density at radius 3 is 2.68 bits per heavy atom. The smallest absolute Gasteiger partial charge is 0.250 e. The molecule has 182 valence electrons. The van der Waals surface area contributed by atoms with Gasteiger partial charge in [0.15, 0.2) is 0 Å². The van der Waals surface area contributed by atoms with Crippen LogP contribution in [0, 0.1) is 0 Å². The van der Waals surface area contributed by atoms with E-state index >= 15 is 0 Å². The Hall–Kier alpha value is -2.36. The largest absolute Gasteiger partial charge is 0.543 e. The zero-order valence-corrected chi connectivity index (χ0v) is 23.4. The highest BCUT2D eigenvalue weighted by Gasteiger charge is 2.39. The summed E-state index contributed by atoms with van der Waals surface area (Å²) in [4.78, 5) is 4.83. The topological polar surface area (TPSA) is 86.2 Å². The molecule has 1 aromatic carbocycles. The Morgan fingerprint density at radius 1 is 1.32 bits per heavy atom. The van der Waals surface area contributed by atoms with Crippen LogP contribution in [0.5, 0.6) is 5.75 Å². The van der Waals surface area contributed by atoms with Crippen molar-refractivity contribution in [1.29, 1.82) is 0 Å². The SMILES string of the molecule is CCc1cc(O[Si](C)(C)C(C)(C)C)ccc1N=C(N)c1cnn2cc(Br)cc2c1NC1COC1. The van der Waals surface area contributed by atoms with Crippen molar-refractivity contribution in [2.24, 2.45) is 10.7 Å². The molecule has 1 fully saturated rings. The van der Waals surface area contributed by atoms with Crippen LogP contribution in [0.3, 0.4) is 0 Å². The van der Waals surface area contributed by atoms with Crippen LogP contribution >= 0.6 is 15.9 Å². The van der Waals surface area contributed by atoms with Crippen molar-refractivity contribution in [3.63, 3.8) is 0 Å². The molecule has 0 bridgehead atoms. The lowest BCUT2D eigenvalue weighted by Gasteiger charge is -2.36. The molecule has 0 amide bonds. The lowest BCUT2D eigenvalue weighted by molar-refractivity contribution is 0.0211. The maximum Gasteiger partial charge on any atom is 0.250 e. The first kappa shape index (κ1) is 24.8. The van der Waals surface area contributed by atoms with Gasteiger partial charge in [-0.25, -0.2) is 9.51 Å². The third-order valence-electron chi connectivity index (χ3n) is 6.72. The molecule has 1 aliphatic heterocycles. The van der Waals surface area contributed by atoms with Gasteiger partial charge in [-0.15, -0.1) is 0 Å². The molecule has 0 spiro atoms. The molecule has 0 saturated carbocycles. The first-order valence-electron chi connectivity index (χ1n) is 11.7. The van der Waals surface area contributed by atoms with E-state index in [1.165, 1.54) is 0 Å². The van der Waals surface area contributed by atoms with Crippen molar-refractivity contribution < 1.29 is 9.16 Å². The lowest BCUT2D eigenvalue weighted by Crippen LogP contribution is -2.43. The predicted octanol–water partition coefficient (Wildman–Crippen LogP) is 5.89. The molecule has 9 heteroatoms. The molecular weight excluding hydrogens is 510 g/mol. The van der Waals surface area contributed by atoms with Gasteiger partial charge in [0.1, 0.15) is 11.6 Å². The molecular formula is C25H34BrN5O2Si. The van der Waals surface area contributed by atoms with Crippen molar-refractivity contribution in [2.45, 2.75) is 58.3 Å². The molecule has 3 N–H and O–H groups in total. The lowest BCUT2D eigenvalue weighted by atomic mass is 10.1. The number of ether oxygens (including phenoxy) is 1. The van der Waals surface area contributed by atoms with E-state index in [1.54, 1.807) is 6.20 Å². The van der Waals surface area contributed by atoms with Crippen molar-refractivity contribution >= 4 is 47.0 Å². The third kappa shape index (κ3) is 5.01. The van der Waals surface area contributed by atoms with Gasteiger partial charge in [-0.1, -0.05) is 27.7 Å². The van der Waals surface area contributed by atoms with Gasteiger partial charge < -0.3 is 20.2 Å². The molecule has 2 aromatic heterocycles. The van der Waals surface area contributed by atoms with Crippen LogP contribution in [-0.4, -0.2) is 43.0 Å². The van der Waals surface area contributed by atoms with E-state index in [1.807, 2.05) is 28.9 Å². The number of amidine groups is 1. The van der Waals surface area contributed by atoms with E-state index in [0.29, 0.717) is 19.0 Å². The van der Waals surface area contributed by atoms with Crippen molar-refractivity contribution in [1.82, 2.24) is 9.61 Å². The van der Waals surface area contributed by atoms with Crippen LogP contribution in [0.4, 0.5) is 11.4 Å². The maximum atomic E-state index is 6.57. The van der Waals surface area contributed by atoms with Crippen molar-refractivity contribution in [2.75, 3.05) is 18.5 Å². The molecule has 1 aliphatic rings. The predicted molar refractivity (Wildman–Crippen MR) is 145 cm³/mol. The number of hydrogen-bond donors (Lipinski definition) is 2. The standard InChI is InChI=1S/C25H34BrN5O2Si/c1-7-16-10-19(33-34(5,6)25(2,3)4)8-9-21(16)30-24(27)20-12-28-31-13-17(26)11-22(31)23(20)29-18-14-32-15-18/h8-13,18,29H,7,14-15H2,1-6H3,(H2,27,30). The number of halogens is 1. The second kappa shape index (κ2) is 9.35. The van der Waals surface area contributed by atoms with E-state index in [0.717, 1.165) is 44.7 Å². The first-order valence-corrected chi connectivity index (χ1v) is 15.4. The molecule has 0 atom stereocenters. The molecule has 0 aliphatic carbocycles. The second-order valence-electron chi connectivity index (χ2n) is 10.3. The van der Waals surface area contributed by atoms with E-state index in [9.17, 15) is 0 Å². The van der Waals surface area contributed by atoms with Gasteiger partial charge in [0.25, 0.3) is 0 Å². The number of aryl methyl sites for hydroxylation is 1. The molecule has 1 saturated heterocycles. The normalized spacial score (nSPS) is 15.4. The van der Waals surface area contributed by atoms with Gasteiger partial charge in [-0.05, 0) is 70.3 Å². The molecule has 0 radical (unpaired) electrons. The van der Waals surface area contributed by atoms with E-state index in [-0.39, 0.29) is 11.1 Å². The molecule has 34 heavy (non-hydrogen) atoms. The minimum Gasteiger partial charge on any atom is -0.543 e. The fourth-order valence-corrected chi connectivity index (χ4v) is 4.98. The number of benzene rings is 1. The number of fused-ring (bicyclic) bond motifs is 1. The summed E-state index contributed by atoms with van der Waals surface area (Å²) in [6, 6.07) is 8.37. The average molecular weight is 545 g/mol. The van der Waals surface area contributed by atoms with E-state index < -0.39 is 8.32 Å². The monoisotopic (exact) mass is 543 g/mol. The van der Waals surface area contributed by atoms with E-state index in [4.69, 9.17) is 19.9 Å². The Kier molecular flexibility index (Phi) is 6.81. The quantitative estimate of drug-likeness (QED) is 0.220. The number of rotatable bonds is 7.